The summed E-state index contributed by atoms with van der Waals surface area (Å²) in [7, 11) is 2.27. The summed E-state index contributed by atoms with van der Waals surface area (Å²) in [5.41, 5.74) is 0. The Kier molecular flexibility index (Phi) is 2.66. The van der Waals surface area contributed by atoms with Crippen LogP contribution in [0, 0.1) is 0 Å². The van der Waals surface area contributed by atoms with E-state index in [2.05, 4.69) is 17.3 Å². The normalized spacial score (nSPS) is 38.8. The summed E-state index contributed by atoms with van der Waals surface area (Å²) in [4.78, 5) is 2.53. The minimum atomic E-state index is 0.801. The maximum atomic E-state index is 3.67. The van der Waals surface area contributed by atoms with Gasteiger partial charge in [-0.25, -0.2) is 0 Å². The molecule has 1 N–H and O–H groups in total. The van der Waals surface area contributed by atoms with E-state index in [1.807, 2.05) is 0 Å². The first-order chi connectivity index (χ1) is 5.88. The fraction of sp³-hybridized carbons (Fsp3) is 1.00. The van der Waals surface area contributed by atoms with Gasteiger partial charge in [-0.05, 0) is 39.4 Å². The molecule has 0 aromatic heterocycles. The average Bonchev–Trinajstić information content (AvgIpc) is 2.31. The number of hydrogen-bond donors (Lipinski definition) is 1. The fourth-order valence-corrected chi connectivity index (χ4v) is 2.61. The van der Waals surface area contributed by atoms with Crippen LogP contribution in [0.1, 0.15) is 32.1 Å². The largest absolute Gasteiger partial charge is 0.312 e. The zero-order valence-electron chi connectivity index (χ0n) is 8.05. The third-order valence-electron chi connectivity index (χ3n) is 3.41. The van der Waals surface area contributed by atoms with Crippen LogP contribution in [-0.2, 0) is 0 Å². The number of rotatable bonds is 0. The first-order valence-corrected chi connectivity index (χ1v) is 5.31. The second kappa shape index (κ2) is 3.75. The number of nitrogens with zero attached hydrogens (tertiary/aromatic N) is 1. The van der Waals surface area contributed by atoms with Crippen molar-refractivity contribution in [3.05, 3.63) is 0 Å². The van der Waals surface area contributed by atoms with Gasteiger partial charge in [0.1, 0.15) is 0 Å². The third-order valence-corrected chi connectivity index (χ3v) is 3.41. The van der Waals surface area contributed by atoms with Crippen molar-refractivity contribution in [1.29, 1.82) is 0 Å². The maximum Gasteiger partial charge on any atom is 0.0246 e. The maximum absolute atomic E-state index is 3.67. The summed E-state index contributed by atoms with van der Waals surface area (Å²) < 4.78 is 0. The Morgan fingerprint density at radius 2 is 2.08 bits per heavy atom. The number of fused-ring (bicyclic) bond motifs is 1. The lowest BCUT2D eigenvalue weighted by molar-refractivity contribution is 0.251. The summed E-state index contributed by atoms with van der Waals surface area (Å²) in [6.07, 6.45) is 7.01. The van der Waals surface area contributed by atoms with Crippen molar-refractivity contribution in [2.75, 3.05) is 20.1 Å². The van der Waals surface area contributed by atoms with E-state index in [9.17, 15) is 0 Å². The molecule has 0 radical (unpaired) electrons. The molecule has 2 aliphatic heterocycles. The molecule has 2 nitrogen and oxygen atoms in total. The Morgan fingerprint density at radius 1 is 1.17 bits per heavy atom. The molecule has 2 atom stereocenters. The van der Waals surface area contributed by atoms with Crippen molar-refractivity contribution in [1.82, 2.24) is 10.2 Å². The van der Waals surface area contributed by atoms with Crippen LogP contribution in [0.25, 0.3) is 0 Å². The molecule has 2 heterocycles. The lowest BCUT2D eigenvalue weighted by atomic mass is 9.99. The lowest BCUT2D eigenvalue weighted by Gasteiger charge is -2.27. The Morgan fingerprint density at radius 3 is 3.00 bits per heavy atom. The van der Waals surface area contributed by atoms with E-state index < -0.39 is 0 Å². The summed E-state index contributed by atoms with van der Waals surface area (Å²) in [5, 5.41) is 3.67. The zero-order valence-corrected chi connectivity index (χ0v) is 8.05. The van der Waals surface area contributed by atoms with Crippen LogP contribution in [0.15, 0.2) is 0 Å². The average molecular weight is 168 g/mol. The van der Waals surface area contributed by atoms with E-state index in [1.54, 1.807) is 0 Å². The topological polar surface area (TPSA) is 15.3 Å². The summed E-state index contributed by atoms with van der Waals surface area (Å²) in [6.45, 7) is 2.54. The monoisotopic (exact) mass is 168 g/mol. The van der Waals surface area contributed by atoms with Gasteiger partial charge in [0.25, 0.3) is 0 Å². The van der Waals surface area contributed by atoms with Gasteiger partial charge in [0.05, 0.1) is 0 Å². The molecule has 2 aliphatic rings. The van der Waals surface area contributed by atoms with Crippen molar-refractivity contribution < 1.29 is 0 Å². The molecule has 70 valence electrons. The smallest absolute Gasteiger partial charge is 0.0246 e. The molecule has 0 spiro atoms. The van der Waals surface area contributed by atoms with Gasteiger partial charge < -0.3 is 10.2 Å². The van der Waals surface area contributed by atoms with E-state index in [1.165, 1.54) is 45.2 Å². The molecule has 0 aliphatic carbocycles. The Hall–Kier alpha value is -0.0800. The molecular weight excluding hydrogens is 148 g/mol. The Balaban J connectivity index is 1.95. The molecule has 0 amide bonds. The van der Waals surface area contributed by atoms with Crippen molar-refractivity contribution in [2.24, 2.45) is 0 Å². The highest BCUT2D eigenvalue weighted by Gasteiger charge is 2.31. The van der Waals surface area contributed by atoms with Gasteiger partial charge in [0, 0.05) is 12.1 Å². The molecule has 2 saturated heterocycles. The van der Waals surface area contributed by atoms with Crippen LogP contribution in [-0.4, -0.2) is 37.1 Å². The predicted octanol–water partition coefficient (Wildman–Crippen LogP) is 1.22. The molecule has 0 bridgehead atoms. The van der Waals surface area contributed by atoms with Crippen LogP contribution in [0.3, 0.4) is 0 Å². The van der Waals surface area contributed by atoms with E-state index >= 15 is 0 Å². The van der Waals surface area contributed by atoms with Gasteiger partial charge >= 0.3 is 0 Å². The Labute approximate surface area is 75.3 Å². The standard InChI is InChI=1S/C10H20N2/c1-12-8-6-9-10(12)5-3-2-4-7-11-9/h9-11H,2-8H2,1H3/t9-,10+/m0/s1. The van der Waals surface area contributed by atoms with Crippen LogP contribution in [0.5, 0.6) is 0 Å². The SMILES string of the molecule is CN1CC[C@@H]2NCCCCC[C@H]21. The van der Waals surface area contributed by atoms with Gasteiger partial charge in [-0.2, -0.15) is 0 Å². The van der Waals surface area contributed by atoms with Gasteiger partial charge in [-0.1, -0.05) is 12.8 Å². The first-order valence-electron chi connectivity index (χ1n) is 5.31. The highest BCUT2D eigenvalue weighted by molar-refractivity contribution is 4.90. The summed E-state index contributed by atoms with van der Waals surface area (Å²) in [6, 6.07) is 1.64. The highest BCUT2D eigenvalue weighted by Crippen LogP contribution is 2.22. The number of likely N-dealkylation sites (tertiary alicyclic amines) is 1. The van der Waals surface area contributed by atoms with Crippen LogP contribution in [0.4, 0.5) is 0 Å². The molecule has 0 aromatic carbocycles. The Bertz CT molecular complexity index is 147. The van der Waals surface area contributed by atoms with Gasteiger partial charge in [0.15, 0.2) is 0 Å². The second-order valence-corrected chi connectivity index (χ2v) is 4.25. The molecule has 0 unspecified atom stereocenters. The molecular formula is C10H20N2. The highest BCUT2D eigenvalue weighted by atomic mass is 15.2. The van der Waals surface area contributed by atoms with Gasteiger partial charge in [-0.3, -0.25) is 0 Å². The second-order valence-electron chi connectivity index (χ2n) is 4.25. The third kappa shape index (κ3) is 1.64. The summed E-state index contributed by atoms with van der Waals surface area (Å²) in [5.74, 6) is 0. The predicted molar refractivity (Wildman–Crippen MR) is 51.3 cm³/mol. The van der Waals surface area contributed by atoms with E-state index in [0.29, 0.717) is 0 Å². The van der Waals surface area contributed by atoms with Gasteiger partial charge in [-0.15, -0.1) is 0 Å². The number of nitrogens with one attached hydrogen (secondary N) is 1. The molecule has 2 fully saturated rings. The van der Waals surface area contributed by atoms with E-state index in [0.717, 1.165) is 12.1 Å². The van der Waals surface area contributed by atoms with Crippen molar-refractivity contribution >= 4 is 0 Å². The molecule has 0 saturated carbocycles. The van der Waals surface area contributed by atoms with Crippen molar-refractivity contribution in [3.8, 4) is 0 Å². The minimum Gasteiger partial charge on any atom is -0.312 e. The molecule has 2 rings (SSSR count). The quantitative estimate of drug-likeness (QED) is 0.585. The van der Waals surface area contributed by atoms with E-state index in [-0.39, 0.29) is 0 Å². The molecule has 12 heavy (non-hydrogen) atoms. The molecule has 0 aromatic rings. The van der Waals surface area contributed by atoms with Crippen LogP contribution < -0.4 is 5.32 Å². The number of hydrogen-bond acceptors (Lipinski definition) is 2. The van der Waals surface area contributed by atoms with Gasteiger partial charge in [0.2, 0.25) is 0 Å². The minimum absolute atomic E-state index is 0.801. The van der Waals surface area contributed by atoms with E-state index in [4.69, 9.17) is 0 Å². The number of likely N-dealkylation sites (N-methyl/N-ethyl adjacent to an activating group) is 1. The lowest BCUT2D eigenvalue weighted by Crippen LogP contribution is -2.42. The molecule has 2 heteroatoms. The van der Waals surface area contributed by atoms with Crippen LogP contribution >= 0.6 is 0 Å². The van der Waals surface area contributed by atoms with Crippen molar-refractivity contribution in [3.63, 3.8) is 0 Å². The fourth-order valence-electron chi connectivity index (χ4n) is 2.61. The van der Waals surface area contributed by atoms with Crippen molar-refractivity contribution in [2.45, 2.75) is 44.2 Å². The zero-order chi connectivity index (χ0) is 8.39. The first kappa shape index (κ1) is 8.52. The summed E-state index contributed by atoms with van der Waals surface area (Å²) >= 11 is 0. The van der Waals surface area contributed by atoms with Crippen LogP contribution in [0.2, 0.25) is 0 Å².